The highest BCUT2D eigenvalue weighted by Gasteiger charge is 2.05. The summed E-state index contributed by atoms with van der Waals surface area (Å²) in [6, 6.07) is 14.2. The van der Waals surface area contributed by atoms with Crippen molar-refractivity contribution in [2.45, 2.75) is 52.9 Å². The van der Waals surface area contributed by atoms with Crippen molar-refractivity contribution in [3.8, 4) is 5.75 Å². The van der Waals surface area contributed by atoms with E-state index in [0.717, 1.165) is 23.4 Å². The van der Waals surface area contributed by atoms with Crippen LogP contribution in [0.25, 0.3) is 0 Å². The van der Waals surface area contributed by atoms with Gasteiger partial charge < -0.3 is 10.1 Å². The van der Waals surface area contributed by atoms with Crippen LogP contribution in [0.1, 0.15) is 49.3 Å². The van der Waals surface area contributed by atoms with Gasteiger partial charge in [0.05, 0.1) is 6.61 Å². The maximum Gasteiger partial charge on any atom is 0.224 e. The van der Waals surface area contributed by atoms with Crippen LogP contribution in [0.5, 0.6) is 5.75 Å². The number of hydrogen-bond acceptors (Lipinski definition) is 2. The highest BCUT2D eigenvalue weighted by atomic mass is 16.5. The smallest absolute Gasteiger partial charge is 0.224 e. The molecule has 0 aliphatic carbocycles. The Kier molecular flexibility index (Phi) is 7.52. The number of hydrogen-bond donors (Lipinski definition) is 1. The SMILES string of the molecule is CCCCc1ccc(NC(=O)CCCOc2cccc(C)c2C)cc1. The zero-order chi connectivity index (χ0) is 18.1. The lowest BCUT2D eigenvalue weighted by atomic mass is 10.1. The van der Waals surface area contributed by atoms with Gasteiger partial charge in [0.1, 0.15) is 5.75 Å². The van der Waals surface area contributed by atoms with Crippen LogP contribution in [-0.2, 0) is 11.2 Å². The molecule has 0 aliphatic heterocycles. The summed E-state index contributed by atoms with van der Waals surface area (Å²) in [6.07, 6.45) is 4.66. The van der Waals surface area contributed by atoms with E-state index < -0.39 is 0 Å². The van der Waals surface area contributed by atoms with Gasteiger partial charge in [-0.3, -0.25) is 4.79 Å². The Morgan fingerprint density at radius 2 is 1.80 bits per heavy atom. The number of benzene rings is 2. The van der Waals surface area contributed by atoms with Crippen LogP contribution in [0.2, 0.25) is 0 Å². The summed E-state index contributed by atoms with van der Waals surface area (Å²) < 4.78 is 5.79. The van der Waals surface area contributed by atoms with Crippen molar-refractivity contribution < 1.29 is 9.53 Å². The molecule has 134 valence electrons. The van der Waals surface area contributed by atoms with Crippen molar-refractivity contribution in [1.29, 1.82) is 0 Å². The van der Waals surface area contributed by atoms with Gasteiger partial charge >= 0.3 is 0 Å². The van der Waals surface area contributed by atoms with Crippen LogP contribution >= 0.6 is 0 Å². The second kappa shape index (κ2) is 9.87. The lowest BCUT2D eigenvalue weighted by molar-refractivity contribution is -0.116. The van der Waals surface area contributed by atoms with Crippen LogP contribution in [0, 0.1) is 13.8 Å². The van der Waals surface area contributed by atoms with E-state index in [2.05, 4.69) is 44.3 Å². The molecule has 0 saturated heterocycles. The Balaban J connectivity index is 1.71. The number of amides is 1. The lowest BCUT2D eigenvalue weighted by Crippen LogP contribution is -2.13. The van der Waals surface area contributed by atoms with Gasteiger partial charge in [-0.25, -0.2) is 0 Å². The molecule has 3 nitrogen and oxygen atoms in total. The number of carbonyl (C=O) groups excluding carboxylic acids is 1. The van der Waals surface area contributed by atoms with Gasteiger partial charge in [-0.2, -0.15) is 0 Å². The number of aryl methyl sites for hydroxylation is 2. The second-order valence-corrected chi connectivity index (χ2v) is 6.50. The Morgan fingerprint density at radius 1 is 1.04 bits per heavy atom. The van der Waals surface area contributed by atoms with Gasteiger partial charge in [-0.1, -0.05) is 37.6 Å². The number of anilines is 1. The summed E-state index contributed by atoms with van der Waals surface area (Å²) in [5.74, 6) is 0.939. The zero-order valence-corrected chi connectivity index (χ0v) is 15.6. The molecule has 0 aromatic heterocycles. The van der Waals surface area contributed by atoms with Crippen LogP contribution in [0.3, 0.4) is 0 Å². The van der Waals surface area contributed by atoms with Gasteiger partial charge in [0.15, 0.2) is 0 Å². The molecule has 2 aromatic carbocycles. The van der Waals surface area contributed by atoms with Crippen LogP contribution in [0.15, 0.2) is 42.5 Å². The van der Waals surface area contributed by atoms with E-state index in [4.69, 9.17) is 4.74 Å². The number of unbranched alkanes of at least 4 members (excludes halogenated alkanes) is 1. The predicted octanol–water partition coefficient (Wildman–Crippen LogP) is 5.44. The number of rotatable bonds is 9. The third-order valence-corrected chi connectivity index (χ3v) is 4.42. The van der Waals surface area contributed by atoms with E-state index in [1.54, 1.807) is 0 Å². The fraction of sp³-hybridized carbons (Fsp3) is 0.409. The van der Waals surface area contributed by atoms with E-state index in [0.29, 0.717) is 19.4 Å². The number of carbonyl (C=O) groups is 1. The number of nitrogens with one attached hydrogen (secondary N) is 1. The molecule has 25 heavy (non-hydrogen) atoms. The molecular formula is C22H29NO2. The molecule has 0 bridgehead atoms. The Morgan fingerprint density at radius 3 is 2.52 bits per heavy atom. The minimum atomic E-state index is 0.0332. The average Bonchev–Trinajstić information content (AvgIpc) is 2.61. The minimum absolute atomic E-state index is 0.0332. The maximum atomic E-state index is 12.0. The molecular weight excluding hydrogens is 310 g/mol. The molecule has 3 heteroatoms. The molecule has 0 saturated carbocycles. The van der Waals surface area contributed by atoms with E-state index in [1.807, 2.05) is 24.3 Å². The van der Waals surface area contributed by atoms with Gasteiger partial charge in [0.2, 0.25) is 5.91 Å². The molecule has 0 spiro atoms. The topological polar surface area (TPSA) is 38.3 Å². The first-order valence-corrected chi connectivity index (χ1v) is 9.18. The van der Waals surface area contributed by atoms with E-state index in [-0.39, 0.29) is 5.91 Å². The summed E-state index contributed by atoms with van der Waals surface area (Å²) >= 11 is 0. The van der Waals surface area contributed by atoms with Gasteiger partial charge in [-0.15, -0.1) is 0 Å². The van der Waals surface area contributed by atoms with E-state index >= 15 is 0 Å². The minimum Gasteiger partial charge on any atom is -0.493 e. The third-order valence-electron chi connectivity index (χ3n) is 4.42. The fourth-order valence-electron chi connectivity index (χ4n) is 2.65. The molecule has 1 amide bonds. The first-order chi connectivity index (χ1) is 12.1. The molecule has 0 radical (unpaired) electrons. The maximum absolute atomic E-state index is 12.0. The average molecular weight is 339 g/mol. The van der Waals surface area contributed by atoms with Crippen molar-refractivity contribution in [2.75, 3.05) is 11.9 Å². The van der Waals surface area contributed by atoms with Crippen molar-refractivity contribution in [1.82, 2.24) is 0 Å². The van der Waals surface area contributed by atoms with Crippen LogP contribution < -0.4 is 10.1 Å². The first kappa shape index (κ1) is 19.0. The van der Waals surface area contributed by atoms with Crippen molar-refractivity contribution in [3.05, 3.63) is 59.2 Å². The Hall–Kier alpha value is -2.29. The highest BCUT2D eigenvalue weighted by Crippen LogP contribution is 2.20. The summed E-state index contributed by atoms with van der Waals surface area (Å²) in [7, 11) is 0. The Bertz CT molecular complexity index is 677. The summed E-state index contributed by atoms with van der Waals surface area (Å²) in [5.41, 5.74) is 4.57. The lowest BCUT2D eigenvalue weighted by Gasteiger charge is -2.11. The molecule has 0 aliphatic rings. The quantitative estimate of drug-likeness (QED) is 0.617. The molecule has 0 atom stereocenters. The van der Waals surface area contributed by atoms with E-state index in [9.17, 15) is 4.79 Å². The summed E-state index contributed by atoms with van der Waals surface area (Å²) in [4.78, 5) is 12.0. The van der Waals surface area contributed by atoms with Gasteiger partial charge in [0.25, 0.3) is 0 Å². The Labute approximate surface area is 151 Å². The van der Waals surface area contributed by atoms with Crippen molar-refractivity contribution in [3.63, 3.8) is 0 Å². The summed E-state index contributed by atoms with van der Waals surface area (Å²) in [6.45, 7) is 6.87. The van der Waals surface area contributed by atoms with Crippen molar-refractivity contribution >= 4 is 11.6 Å². The molecule has 2 aromatic rings. The van der Waals surface area contributed by atoms with Crippen molar-refractivity contribution in [2.24, 2.45) is 0 Å². The normalized spacial score (nSPS) is 10.5. The molecule has 0 unspecified atom stereocenters. The monoisotopic (exact) mass is 339 g/mol. The zero-order valence-electron chi connectivity index (χ0n) is 15.6. The standard InChI is InChI=1S/C22H29NO2/c1-4-5-9-19-12-14-20(15-13-19)23-22(24)11-7-16-25-21-10-6-8-17(2)18(21)3/h6,8,10,12-15H,4-5,7,9,11,16H2,1-3H3,(H,23,24). The summed E-state index contributed by atoms with van der Waals surface area (Å²) in [5, 5.41) is 2.95. The fourth-order valence-corrected chi connectivity index (χ4v) is 2.65. The van der Waals surface area contributed by atoms with Crippen LogP contribution in [0.4, 0.5) is 5.69 Å². The van der Waals surface area contributed by atoms with Gasteiger partial charge in [-0.05, 0) is 68.0 Å². The van der Waals surface area contributed by atoms with Crippen LogP contribution in [-0.4, -0.2) is 12.5 Å². The second-order valence-electron chi connectivity index (χ2n) is 6.50. The molecule has 2 rings (SSSR count). The first-order valence-electron chi connectivity index (χ1n) is 9.18. The van der Waals surface area contributed by atoms with Gasteiger partial charge in [0, 0.05) is 12.1 Å². The third kappa shape index (κ3) is 6.26. The highest BCUT2D eigenvalue weighted by molar-refractivity contribution is 5.90. The molecule has 1 N–H and O–H groups in total. The number of ether oxygens (including phenoxy) is 1. The molecule has 0 fully saturated rings. The molecule has 0 heterocycles. The van der Waals surface area contributed by atoms with E-state index in [1.165, 1.54) is 24.0 Å². The predicted molar refractivity (Wildman–Crippen MR) is 104 cm³/mol. The largest absolute Gasteiger partial charge is 0.493 e.